The van der Waals surface area contributed by atoms with Crippen molar-refractivity contribution in [2.75, 3.05) is 12.4 Å². The molecule has 4 nitrogen and oxygen atoms in total. The quantitative estimate of drug-likeness (QED) is 0.625. The molecule has 1 N–H and O–H groups in total. The molecule has 0 unspecified atom stereocenters. The molecule has 122 valence electrons. The Labute approximate surface area is 150 Å². The third-order valence-corrected chi connectivity index (χ3v) is 3.76. The number of hydrogen-bond donors (Lipinski definition) is 1. The summed E-state index contributed by atoms with van der Waals surface area (Å²) < 4.78 is 5.22. The van der Waals surface area contributed by atoms with Crippen molar-refractivity contribution in [2.45, 2.75) is 6.92 Å². The lowest BCUT2D eigenvalue weighted by molar-refractivity contribution is -0.112. The van der Waals surface area contributed by atoms with Crippen LogP contribution in [-0.2, 0) is 4.79 Å². The van der Waals surface area contributed by atoms with E-state index in [9.17, 15) is 10.1 Å². The number of carbonyl (C=O) groups excluding carboxylic acids is 1. The molecule has 0 spiro atoms. The van der Waals surface area contributed by atoms with E-state index in [-0.39, 0.29) is 5.57 Å². The van der Waals surface area contributed by atoms with E-state index in [1.165, 1.54) is 13.2 Å². The number of nitrogens with zero attached hydrogens (tertiary/aromatic N) is 1. The minimum Gasteiger partial charge on any atom is -0.496 e. The van der Waals surface area contributed by atoms with Gasteiger partial charge in [0.1, 0.15) is 17.4 Å². The van der Waals surface area contributed by atoms with Crippen molar-refractivity contribution in [1.82, 2.24) is 0 Å². The normalized spacial score (nSPS) is 10.9. The highest BCUT2D eigenvalue weighted by molar-refractivity contribution is 6.31. The number of methoxy groups -OCH3 is 1. The van der Waals surface area contributed by atoms with Gasteiger partial charge in [0.2, 0.25) is 0 Å². The van der Waals surface area contributed by atoms with Crippen LogP contribution in [0.4, 0.5) is 5.69 Å². The van der Waals surface area contributed by atoms with Gasteiger partial charge >= 0.3 is 0 Å². The molecule has 1 amide bonds. The van der Waals surface area contributed by atoms with E-state index < -0.39 is 5.91 Å². The second kappa shape index (κ2) is 7.87. The first-order valence-electron chi connectivity index (χ1n) is 6.97. The maximum absolute atomic E-state index is 12.4. The molecule has 2 rings (SSSR count). The maximum Gasteiger partial charge on any atom is 0.266 e. The lowest BCUT2D eigenvalue weighted by Gasteiger charge is -2.09. The molecular formula is C18H14Cl2N2O2. The van der Waals surface area contributed by atoms with E-state index in [0.29, 0.717) is 27.0 Å². The minimum absolute atomic E-state index is 0.0649. The molecule has 0 atom stereocenters. The summed E-state index contributed by atoms with van der Waals surface area (Å²) in [7, 11) is 1.50. The number of anilines is 1. The van der Waals surface area contributed by atoms with Crippen LogP contribution >= 0.6 is 23.2 Å². The highest BCUT2D eigenvalue weighted by Gasteiger charge is 2.12. The second-order valence-corrected chi connectivity index (χ2v) is 5.84. The van der Waals surface area contributed by atoms with Gasteiger partial charge in [-0.2, -0.15) is 5.26 Å². The Balaban J connectivity index is 2.32. The zero-order valence-corrected chi connectivity index (χ0v) is 14.6. The van der Waals surface area contributed by atoms with Crippen LogP contribution in [-0.4, -0.2) is 13.0 Å². The number of hydrogen-bond acceptors (Lipinski definition) is 3. The van der Waals surface area contributed by atoms with E-state index in [1.54, 1.807) is 36.4 Å². The van der Waals surface area contributed by atoms with Gasteiger partial charge in [-0.3, -0.25) is 4.79 Å². The molecule has 0 saturated carbocycles. The Morgan fingerprint density at radius 3 is 2.50 bits per heavy atom. The Morgan fingerprint density at radius 1 is 1.21 bits per heavy atom. The summed E-state index contributed by atoms with van der Waals surface area (Å²) in [5.41, 5.74) is 1.87. The van der Waals surface area contributed by atoms with E-state index in [0.717, 1.165) is 5.56 Å². The average Bonchev–Trinajstić information content (AvgIpc) is 2.55. The molecule has 0 heterocycles. The number of carbonyl (C=O) groups is 1. The largest absolute Gasteiger partial charge is 0.496 e. The summed E-state index contributed by atoms with van der Waals surface area (Å²) in [6.07, 6.45) is 1.44. The van der Waals surface area contributed by atoms with Crippen LogP contribution in [0.1, 0.15) is 11.1 Å². The molecule has 2 aromatic rings. The number of aryl methyl sites for hydroxylation is 1. The van der Waals surface area contributed by atoms with Crippen LogP contribution in [0.25, 0.3) is 6.08 Å². The fourth-order valence-corrected chi connectivity index (χ4v) is 2.49. The van der Waals surface area contributed by atoms with Crippen molar-refractivity contribution in [2.24, 2.45) is 0 Å². The van der Waals surface area contributed by atoms with Crippen LogP contribution in [0.3, 0.4) is 0 Å². The highest BCUT2D eigenvalue weighted by atomic mass is 35.5. The fraction of sp³-hybridized carbons (Fsp3) is 0.111. The lowest BCUT2D eigenvalue weighted by atomic mass is 10.1. The van der Waals surface area contributed by atoms with Crippen molar-refractivity contribution in [1.29, 1.82) is 5.26 Å². The first-order valence-corrected chi connectivity index (χ1v) is 7.73. The van der Waals surface area contributed by atoms with Crippen molar-refractivity contribution < 1.29 is 9.53 Å². The van der Waals surface area contributed by atoms with Crippen LogP contribution in [0.15, 0.2) is 42.0 Å². The van der Waals surface area contributed by atoms with Crippen LogP contribution in [0.2, 0.25) is 10.0 Å². The summed E-state index contributed by atoms with van der Waals surface area (Å²) in [6.45, 7) is 1.82. The number of amides is 1. The summed E-state index contributed by atoms with van der Waals surface area (Å²) in [5, 5.41) is 13.1. The fourth-order valence-electron chi connectivity index (χ4n) is 2.08. The number of halogens is 2. The lowest BCUT2D eigenvalue weighted by Crippen LogP contribution is -2.14. The number of ether oxygens (including phenoxy) is 1. The maximum atomic E-state index is 12.4. The third-order valence-electron chi connectivity index (χ3n) is 3.29. The summed E-state index contributed by atoms with van der Waals surface area (Å²) >= 11 is 11.9. The van der Waals surface area contributed by atoms with Crippen molar-refractivity contribution in [3.8, 4) is 11.8 Å². The van der Waals surface area contributed by atoms with Crippen LogP contribution in [0.5, 0.6) is 5.75 Å². The van der Waals surface area contributed by atoms with E-state index in [2.05, 4.69) is 5.32 Å². The molecule has 0 aliphatic carbocycles. The monoisotopic (exact) mass is 360 g/mol. The van der Waals surface area contributed by atoms with E-state index in [4.69, 9.17) is 27.9 Å². The number of nitriles is 1. The zero-order valence-electron chi connectivity index (χ0n) is 13.1. The Bertz CT molecular complexity index is 855. The predicted octanol–water partition coefficient (Wildman–Crippen LogP) is 4.86. The topological polar surface area (TPSA) is 62.1 Å². The van der Waals surface area contributed by atoms with Crippen molar-refractivity contribution in [3.05, 3.63) is 63.1 Å². The van der Waals surface area contributed by atoms with Gasteiger partial charge in [0, 0.05) is 21.3 Å². The van der Waals surface area contributed by atoms with Crippen LogP contribution in [0, 0.1) is 18.3 Å². The number of rotatable bonds is 4. The molecule has 0 aliphatic heterocycles. The van der Waals surface area contributed by atoms with Crippen LogP contribution < -0.4 is 10.1 Å². The van der Waals surface area contributed by atoms with Crippen molar-refractivity contribution >= 4 is 40.9 Å². The van der Waals surface area contributed by atoms with Gasteiger partial charge in [-0.15, -0.1) is 0 Å². The molecule has 0 aliphatic rings. The summed E-state index contributed by atoms with van der Waals surface area (Å²) in [5.74, 6) is -0.00688. The molecule has 0 aromatic heterocycles. The Morgan fingerprint density at radius 2 is 1.88 bits per heavy atom. The molecule has 0 radical (unpaired) electrons. The van der Waals surface area contributed by atoms with Crippen molar-refractivity contribution in [3.63, 3.8) is 0 Å². The standard InChI is InChI=1S/C18H14Cl2N2O2/c1-11-7-14(19)3-5-16(11)22-18(23)13(10-21)8-12-9-15(20)4-6-17(12)24-2/h3-9H,1-2H3,(H,22,23)/b13-8+. The first kappa shape index (κ1) is 17.9. The van der Waals surface area contributed by atoms with Gasteiger partial charge in [-0.05, 0) is 55.0 Å². The molecular weight excluding hydrogens is 347 g/mol. The van der Waals surface area contributed by atoms with Gasteiger partial charge in [0.15, 0.2) is 0 Å². The molecule has 0 saturated heterocycles. The van der Waals surface area contributed by atoms with Gasteiger partial charge in [0.25, 0.3) is 5.91 Å². The third kappa shape index (κ3) is 4.29. The Hall–Kier alpha value is -2.48. The van der Waals surface area contributed by atoms with Gasteiger partial charge in [0.05, 0.1) is 7.11 Å². The minimum atomic E-state index is -0.523. The average molecular weight is 361 g/mol. The SMILES string of the molecule is COc1ccc(Cl)cc1/C=C(\C#N)C(=O)Nc1ccc(Cl)cc1C. The molecule has 0 bridgehead atoms. The van der Waals surface area contributed by atoms with Gasteiger partial charge in [-0.25, -0.2) is 0 Å². The molecule has 24 heavy (non-hydrogen) atoms. The number of nitrogens with one attached hydrogen (secondary N) is 1. The molecule has 6 heteroatoms. The zero-order chi connectivity index (χ0) is 17.7. The van der Waals surface area contributed by atoms with Gasteiger partial charge in [-0.1, -0.05) is 23.2 Å². The highest BCUT2D eigenvalue weighted by Crippen LogP contribution is 2.25. The number of benzene rings is 2. The van der Waals surface area contributed by atoms with E-state index >= 15 is 0 Å². The smallest absolute Gasteiger partial charge is 0.266 e. The first-order chi connectivity index (χ1) is 11.4. The van der Waals surface area contributed by atoms with Gasteiger partial charge < -0.3 is 10.1 Å². The Kier molecular flexibility index (Phi) is 5.86. The molecule has 2 aromatic carbocycles. The summed E-state index contributed by atoms with van der Waals surface area (Å²) in [4.78, 5) is 12.4. The second-order valence-electron chi connectivity index (χ2n) is 4.97. The van der Waals surface area contributed by atoms with E-state index in [1.807, 2.05) is 13.0 Å². The molecule has 0 fully saturated rings. The summed E-state index contributed by atoms with van der Waals surface area (Å²) in [6, 6.07) is 11.9. The predicted molar refractivity (Wildman–Crippen MR) is 96.4 cm³/mol.